The van der Waals surface area contributed by atoms with E-state index in [9.17, 15) is 13.2 Å². The van der Waals surface area contributed by atoms with Crippen LogP contribution in [-0.2, 0) is 12.8 Å². The molecule has 0 N–H and O–H groups in total. The van der Waals surface area contributed by atoms with E-state index in [1.54, 1.807) is 12.1 Å². The lowest BCUT2D eigenvalue weighted by Gasteiger charge is -2.09. The first-order valence-corrected chi connectivity index (χ1v) is 7.29. The van der Waals surface area contributed by atoms with Crippen molar-refractivity contribution in [1.29, 1.82) is 0 Å². The predicted octanol–water partition coefficient (Wildman–Crippen LogP) is 6.27. The number of hydrogen-bond donors (Lipinski definition) is 0. The van der Waals surface area contributed by atoms with E-state index in [4.69, 9.17) is 16.3 Å². The third-order valence-corrected chi connectivity index (χ3v) is 3.24. The lowest BCUT2D eigenvalue weighted by Crippen LogP contribution is -2.05. The molecule has 0 saturated carbocycles. The standard InChI is InChI=1S/C15H12ClF3O.C2H6/c1-10-2-7-13(8-14(10)16)20-9-11-3-5-12(6-4-11)15(17,18)19;1-2/h2-8H,9H2,1H3;1-2H3. The predicted molar refractivity (Wildman–Crippen MR) is 83.3 cm³/mol. The van der Waals surface area contributed by atoms with Gasteiger partial charge in [-0.05, 0) is 42.3 Å². The molecule has 0 fully saturated rings. The topological polar surface area (TPSA) is 9.23 Å². The molecule has 22 heavy (non-hydrogen) atoms. The van der Waals surface area contributed by atoms with Crippen LogP contribution in [0.25, 0.3) is 0 Å². The molecule has 0 aliphatic carbocycles. The fourth-order valence-corrected chi connectivity index (χ4v) is 1.79. The van der Waals surface area contributed by atoms with Gasteiger partial charge in [0.1, 0.15) is 12.4 Å². The number of ether oxygens (including phenoxy) is 1. The molecule has 0 aliphatic rings. The van der Waals surface area contributed by atoms with Crippen LogP contribution in [0.1, 0.15) is 30.5 Å². The van der Waals surface area contributed by atoms with Crippen molar-refractivity contribution in [2.45, 2.75) is 33.6 Å². The molecule has 1 nitrogen and oxygen atoms in total. The second-order valence-electron chi connectivity index (χ2n) is 4.39. The number of alkyl halides is 3. The zero-order valence-corrected chi connectivity index (χ0v) is 13.4. The summed E-state index contributed by atoms with van der Waals surface area (Å²) in [5.41, 5.74) is 0.933. The molecule has 0 bridgehead atoms. The molecule has 0 spiro atoms. The van der Waals surface area contributed by atoms with Crippen LogP contribution in [0.4, 0.5) is 13.2 Å². The van der Waals surface area contributed by atoms with Crippen LogP contribution in [-0.4, -0.2) is 0 Å². The van der Waals surface area contributed by atoms with Gasteiger partial charge in [-0.25, -0.2) is 0 Å². The third kappa shape index (κ3) is 5.26. The number of rotatable bonds is 3. The van der Waals surface area contributed by atoms with Gasteiger partial charge in [0.15, 0.2) is 0 Å². The Kier molecular flexibility index (Phi) is 6.75. The molecule has 0 amide bonds. The second-order valence-corrected chi connectivity index (χ2v) is 4.80. The Morgan fingerprint density at radius 3 is 2.09 bits per heavy atom. The minimum atomic E-state index is -4.32. The van der Waals surface area contributed by atoms with Crippen molar-refractivity contribution in [3.05, 3.63) is 64.2 Å². The van der Waals surface area contributed by atoms with E-state index in [1.165, 1.54) is 12.1 Å². The summed E-state index contributed by atoms with van der Waals surface area (Å²) in [6, 6.07) is 10.2. The monoisotopic (exact) mass is 330 g/mol. The van der Waals surface area contributed by atoms with E-state index in [-0.39, 0.29) is 6.61 Å². The molecule has 0 saturated heterocycles. The largest absolute Gasteiger partial charge is 0.489 e. The van der Waals surface area contributed by atoms with Crippen LogP contribution in [0.2, 0.25) is 5.02 Å². The van der Waals surface area contributed by atoms with Crippen LogP contribution in [0.3, 0.4) is 0 Å². The van der Waals surface area contributed by atoms with Crippen molar-refractivity contribution in [1.82, 2.24) is 0 Å². The molecule has 5 heteroatoms. The fourth-order valence-electron chi connectivity index (χ4n) is 1.62. The van der Waals surface area contributed by atoms with Gasteiger partial charge in [-0.15, -0.1) is 0 Å². The molecule has 2 rings (SSSR count). The van der Waals surface area contributed by atoms with E-state index in [0.29, 0.717) is 16.3 Å². The van der Waals surface area contributed by atoms with E-state index in [0.717, 1.165) is 17.7 Å². The van der Waals surface area contributed by atoms with E-state index in [2.05, 4.69) is 0 Å². The minimum absolute atomic E-state index is 0.192. The molecule has 120 valence electrons. The Hall–Kier alpha value is -1.68. The Bertz CT molecular complexity index is 592. The van der Waals surface area contributed by atoms with Crippen LogP contribution in [0.15, 0.2) is 42.5 Å². The van der Waals surface area contributed by atoms with Crippen molar-refractivity contribution >= 4 is 11.6 Å². The maximum Gasteiger partial charge on any atom is 0.416 e. The first kappa shape index (κ1) is 18.4. The van der Waals surface area contributed by atoms with Crippen molar-refractivity contribution in [3.63, 3.8) is 0 Å². The SMILES string of the molecule is CC.Cc1ccc(OCc2ccc(C(F)(F)F)cc2)cc1Cl. The van der Waals surface area contributed by atoms with Gasteiger partial charge in [-0.2, -0.15) is 13.2 Å². The summed E-state index contributed by atoms with van der Waals surface area (Å²) in [5.74, 6) is 0.584. The zero-order chi connectivity index (χ0) is 16.8. The Balaban J connectivity index is 0.00000116. The van der Waals surface area contributed by atoms with Gasteiger partial charge in [-0.3, -0.25) is 0 Å². The van der Waals surface area contributed by atoms with Gasteiger partial charge in [0, 0.05) is 5.02 Å². The molecule has 0 radical (unpaired) electrons. The number of benzene rings is 2. The van der Waals surface area contributed by atoms with Gasteiger partial charge in [0.25, 0.3) is 0 Å². The number of hydrogen-bond acceptors (Lipinski definition) is 1. The van der Waals surface area contributed by atoms with Crippen LogP contribution in [0, 0.1) is 6.92 Å². The highest BCUT2D eigenvalue weighted by Crippen LogP contribution is 2.29. The number of halogens is 4. The second kappa shape index (κ2) is 8.08. The lowest BCUT2D eigenvalue weighted by atomic mass is 10.1. The van der Waals surface area contributed by atoms with Crippen LogP contribution >= 0.6 is 11.6 Å². The average Bonchev–Trinajstić information content (AvgIpc) is 2.50. The first-order valence-electron chi connectivity index (χ1n) is 6.91. The third-order valence-electron chi connectivity index (χ3n) is 2.83. The molecule has 0 heterocycles. The smallest absolute Gasteiger partial charge is 0.416 e. The summed E-state index contributed by atoms with van der Waals surface area (Å²) in [7, 11) is 0. The summed E-state index contributed by atoms with van der Waals surface area (Å²) in [4.78, 5) is 0. The molecule has 0 aromatic heterocycles. The van der Waals surface area contributed by atoms with Crippen molar-refractivity contribution < 1.29 is 17.9 Å². The maximum absolute atomic E-state index is 12.4. The molecule has 0 aliphatic heterocycles. The Morgan fingerprint density at radius 2 is 1.59 bits per heavy atom. The first-order chi connectivity index (χ1) is 10.4. The summed E-state index contributed by atoms with van der Waals surface area (Å²) >= 11 is 5.96. The summed E-state index contributed by atoms with van der Waals surface area (Å²) in [6.07, 6.45) is -4.32. The Morgan fingerprint density at radius 1 is 1.00 bits per heavy atom. The van der Waals surface area contributed by atoms with E-state index < -0.39 is 11.7 Å². The maximum atomic E-state index is 12.4. The zero-order valence-electron chi connectivity index (χ0n) is 12.7. The highest BCUT2D eigenvalue weighted by atomic mass is 35.5. The van der Waals surface area contributed by atoms with Crippen LogP contribution in [0.5, 0.6) is 5.75 Å². The fraction of sp³-hybridized carbons (Fsp3) is 0.294. The quantitative estimate of drug-likeness (QED) is 0.644. The van der Waals surface area contributed by atoms with Crippen molar-refractivity contribution in [2.24, 2.45) is 0 Å². The van der Waals surface area contributed by atoms with Crippen LogP contribution < -0.4 is 4.74 Å². The van der Waals surface area contributed by atoms with E-state index in [1.807, 2.05) is 26.8 Å². The minimum Gasteiger partial charge on any atom is -0.489 e. The van der Waals surface area contributed by atoms with Crippen molar-refractivity contribution in [3.8, 4) is 5.75 Å². The van der Waals surface area contributed by atoms with E-state index >= 15 is 0 Å². The highest BCUT2D eigenvalue weighted by Gasteiger charge is 2.29. The highest BCUT2D eigenvalue weighted by molar-refractivity contribution is 6.31. The average molecular weight is 331 g/mol. The number of aryl methyl sites for hydroxylation is 1. The summed E-state index contributed by atoms with van der Waals surface area (Å²) in [6.45, 7) is 6.07. The molecular formula is C17H18ClF3O. The van der Waals surface area contributed by atoms with Gasteiger partial charge >= 0.3 is 6.18 Å². The molecule has 2 aromatic carbocycles. The molecule has 0 atom stereocenters. The van der Waals surface area contributed by atoms with Gasteiger partial charge in [0.2, 0.25) is 0 Å². The van der Waals surface area contributed by atoms with Gasteiger partial charge in [0.05, 0.1) is 5.56 Å². The molecule has 0 unspecified atom stereocenters. The molecular weight excluding hydrogens is 313 g/mol. The lowest BCUT2D eigenvalue weighted by molar-refractivity contribution is -0.137. The van der Waals surface area contributed by atoms with Crippen molar-refractivity contribution in [2.75, 3.05) is 0 Å². The Labute approximate surface area is 133 Å². The summed E-state index contributed by atoms with van der Waals surface area (Å²) in [5, 5.41) is 0.593. The normalized spacial score (nSPS) is 10.7. The van der Waals surface area contributed by atoms with Gasteiger partial charge in [-0.1, -0.05) is 43.6 Å². The molecule has 2 aromatic rings. The van der Waals surface area contributed by atoms with Gasteiger partial charge < -0.3 is 4.74 Å². The summed E-state index contributed by atoms with van der Waals surface area (Å²) < 4.78 is 42.7.